The minimum absolute atomic E-state index is 0.150. The van der Waals surface area contributed by atoms with Crippen LogP contribution in [0.1, 0.15) is 39.8 Å². The van der Waals surface area contributed by atoms with Gasteiger partial charge in [-0.15, -0.1) is 11.3 Å². The maximum absolute atomic E-state index is 13.0. The lowest BCUT2D eigenvalue weighted by molar-refractivity contribution is 0.0740. The second kappa shape index (κ2) is 5.49. The fourth-order valence-corrected chi connectivity index (χ4v) is 4.56. The summed E-state index contributed by atoms with van der Waals surface area (Å²) in [6.45, 7) is 2.83. The number of nitrogens with zero attached hydrogens (tertiary/aromatic N) is 3. The SMILES string of the molecule is Cc1nn(C)c2sc(C(=O)N3CCC[C@@H]3c3ccccc3)cc12. The minimum atomic E-state index is 0.150. The monoisotopic (exact) mass is 325 g/mol. The lowest BCUT2D eigenvalue weighted by Gasteiger charge is -2.24. The van der Waals surface area contributed by atoms with E-state index in [0.29, 0.717) is 0 Å². The molecule has 3 heterocycles. The van der Waals surface area contributed by atoms with Gasteiger partial charge in [0.2, 0.25) is 0 Å². The molecule has 1 fully saturated rings. The highest BCUT2D eigenvalue weighted by Crippen LogP contribution is 2.35. The molecule has 1 amide bonds. The van der Waals surface area contributed by atoms with Gasteiger partial charge in [0.1, 0.15) is 4.83 Å². The van der Waals surface area contributed by atoms with Gasteiger partial charge in [0.25, 0.3) is 5.91 Å². The Kier molecular flexibility index (Phi) is 3.45. The molecule has 0 unspecified atom stereocenters. The summed E-state index contributed by atoms with van der Waals surface area (Å²) in [6.07, 6.45) is 2.11. The summed E-state index contributed by atoms with van der Waals surface area (Å²) in [4.78, 5) is 16.9. The maximum atomic E-state index is 13.0. The number of aromatic nitrogens is 2. The molecule has 3 aromatic rings. The van der Waals surface area contributed by atoms with Gasteiger partial charge in [-0.25, -0.2) is 0 Å². The average Bonchev–Trinajstić information content (AvgIpc) is 3.26. The summed E-state index contributed by atoms with van der Waals surface area (Å²) in [7, 11) is 1.93. The molecule has 0 spiro atoms. The van der Waals surface area contributed by atoms with Crippen molar-refractivity contribution in [2.24, 2.45) is 7.05 Å². The number of amides is 1. The van der Waals surface area contributed by atoms with Crippen molar-refractivity contribution in [2.45, 2.75) is 25.8 Å². The summed E-state index contributed by atoms with van der Waals surface area (Å²) in [6, 6.07) is 12.6. The van der Waals surface area contributed by atoms with E-state index in [4.69, 9.17) is 0 Å². The fourth-order valence-electron chi connectivity index (χ4n) is 3.48. The molecule has 4 nitrogen and oxygen atoms in total. The smallest absolute Gasteiger partial charge is 0.264 e. The molecule has 0 bridgehead atoms. The number of likely N-dealkylation sites (tertiary alicyclic amines) is 1. The average molecular weight is 325 g/mol. The topological polar surface area (TPSA) is 38.1 Å². The van der Waals surface area contributed by atoms with Crippen LogP contribution in [0.25, 0.3) is 10.2 Å². The number of benzene rings is 1. The predicted molar refractivity (Wildman–Crippen MR) is 92.8 cm³/mol. The third-order valence-corrected chi connectivity index (χ3v) is 5.79. The summed E-state index contributed by atoms with van der Waals surface area (Å²) < 4.78 is 1.87. The molecule has 23 heavy (non-hydrogen) atoms. The first-order valence-electron chi connectivity index (χ1n) is 7.94. The molecule has 0 aliphatic carbocycles. The second-order valence-corrected chi connectivity index (χ2v) is 7.14. The predicted octanol–water partition coefficient (Wildman–Crippen LogP) is 3.92. The van der Waals surface area contributed by atoms with Crippen molar-refractivity contribution < 1.29 is 4.79 Å². The van der Waals surface area contributed by atoms with Gasteiger partial charge in [0, 0.05) is 19.0 Å². The Hall–Kier alpha value is -2.14. The first-order chi connectivity index (χ1) is 11.1. The third kappa shape index (κ3) is 2.36. The molecule has 0 saturated carbocycles. The molecule has 2 aromatic heterocycles. The number of carbonyl (C=O) groups is 1. The number of thiophene rings is 1. The van der Waals surface area contributed by atoms with Crippen LogP contribution in [0.3, 0.4) is 0 Å². The van der Waals surface area contributed by atoms with E-state index in [1.165, 1.54) is 5.56 Å². The normalized spacial score (nSPS) is 18.0. The maximum Gasteiger partial charge on any atom is 0.264 e. The van der Waals surface area contributed by atoms with Crippen molar-refractivity contribution in [3.8, 4) is 0 Å². The molecule has 118 valence electrons. The minimum Gasteiger partial charge on any atom is -0.331 e. The van der Waals surface area contributed by atoms with Crippen molar-refractivity contribution in [3.05, 3.63) is 52.5 Å². The number of aryl methyl sites for hydroxylation is 2. The van der Waals surface area contributed by atoms with Crippen molar-refractivity contribution in [3.63, 3.8) is 0 Å². The molecular formula is C18H19N3OS. The Labute approximate surface area is 139 Å². The number of hydrogen-bond donors (Lipinski definition) is 0. The Morgan fingerprint density at radius 2 is 2.09 bits per heavy atom. The first-order valence-corrected chi connectivity index (χ1v) is 8.76. The van der Waals surface area contributed by atoms with Crippen LogP contribution in [-0.4, -0.2) is 27.1 Å². The number of carbonyl (C=O) groups excluding carboxylic acids is 1. The van der Waals surface area contributed by atoms with Gasteiger partial charge < -0.3 is 4.90 Å². The molecule has 1 aliphatic heterocycles. The van der Waals surface area contributed by atoms with Crippen LogP contribution in [0, 0.1) is 6.92 Å². The van der Waals surface area contributed by atoms with Crippen LogP contribution in [-0.2, 0) is 7.05 Å². The quantitative estimate of drug-likeness (QED) is 0.716. The van der Waals surface area contributed by atoms with E-state index >= 15 is 0 Å². The van der Waals surface area contributed by atoms with E-state index in [1.54, 1.807) is 11.3 Å². The highest BCUT2D eigenvalue weighted by Gasteiger charge is 2.31. The molecule has 0 radical (unpaired) electrons. The molecular weight excluding hydrogens is 306 g/mol. The lowest BCUT2D eigenvalue weighted by Crippen LogP contribution is -2.29. The van der Waals surface area contributed by atoms with Gasteiger partial charge >= 0.3 is 0 Å². The van der Waals surface area contributed by atoms with Crippen LogP contribution >= 0.6 is 11.3 Å². The van der Waals surface area contributed by atoms with E-state index in [1.807, 2.05) is 47.8 Å². The first kappa shape index (κ1) is 14.5. The largest absolute Gasteiger partial charge is 0.331 e. The van der Waals surface area contributed by atoms with Gasteiger partial charge in [-0.1, -0.05) is 30.3 Å². The van der Waals surface area contributed by atoms with E-state index < -0.39 is 0 Å². The van der Waals surface area contributed by atoms with Crippen LogP contribution in [0.15, 0.2) is 36.4 Å². The van der Waals surface area contributed by atoms with E-state index in [0.717, 1.165) is 40.2 Å². The second-order valence-electron chi connectivity index (χ2n) is 6.11. The highest BCUT2D eigenvalue weighted by molar-refractivity contribution is 7.20. The fraction of sp³-hybridized carbons (Fsp3) is 0.333. The van der Waals surface area contributed by atoms with Gasteiger partial charge in [0.05, 0.1) is 16.6 Å². The van der Waals surface area contributed by atoms with Gasteiger partial charge in [-0.2, -0.15) is 5.10 Å². The van der Waals surface area contributed by atoms with E-state index in [9.17, 15) is 4.79 Å². The van der Waals surface area contributed by atoms with Gasteiger partial charge in [0.15, 0.2) is 0 Å². The highest BCUT2D eigenvalue weighted by atomic mass is 32.1. The van der Waals surface area contributed by atoms with Crippen molar-refractivity contribution >= 4 is 27.5 Å². The third-order valence-electron chi connectivity index (χ3n) is 4.60. The van der Waals surface area contributed by atoms with Crippen molar-refractivity contribution in [1.29, 1.82) is 0 Å². The summed E-state index contributed by atoms with van der Waals surface area (Å²) in [5, 5.41) is 5.51. The molecule has 1 aliphatic rings. The molecule has 1 aromatic carbocycles. The molecule has 1 saturated heterocycles. The van der Waals surface area contributed by atoms with Gasteiger partial charge in [-0.05, 0) is 31.4 Å². The summed E-state index contributed by atoms with van der Waals surface area (Å²) in [5.74, 6) is 0.150. The number of rotatable bonds is 2. The van der Waals surface area contributed by atoms with Gasteiger partial charge in [-0.3, -0.25) is 9.48 Å². The molecule has 0 N–H and O–H groups in total. The van der Waals surface area contributed by atoms with E-state index in [2.05, 4.69) is 17.2 Å². The molecule has 4 rings (SSSR count). The Morgan fingerprint density at radius 1 is 1.30 bits per heavy atom. The standard InChI is InChI=1S/C18H19N3OS/c1-12-14-11-16(23-18(14)20(2)19-12)17(22)21-10-6-9-15(21)13-7-4-3-5-8-13/h3-5,7-8,11,15H,6,9-10H2,1-2H3/t15-/m1/s1. The van der Waals surface area contributed by atoms with Crippen LogP contribution < -0.4 is 0 Å². The van der Waals surface area contributed by atoms with E-state index in [-0.39, 0.29) is 11.9 Å². The van der Waals surface area contributed by atoms with Crippen LogP contribution in [0.5, 0.6) is 0 Å². The lowest BCUT2D eigenvalue weighted by atomic mass is 10.0. The Morgan fingerprint density at radius 3 is 2.83 bits per heavy atom. The number of fused-ring (bicyclic) bond motifs is 1. The molecule has 1 atom stereocenters. The Balaban J connectivity index is 1.68. The number of hydrogen-bond acceptors (Lipinski definition) is 3. The zero-order valence-corrected chi connectivity index (χ0v) is 14.1. The van der Waals surface area contributed by atoms with Crippen LogP contribution in [0.2, 0.25) is 0 Å². The summed E-state index contributed by atoms with van der Waals surface area (Å²) in [5.41, 5.74) is 2.22. The molecule has 5 heteroatoms. The van der Waals surface area contributed by atoms with Crippen molar-refractivity contribution in [1.82, 2.24) is 14.7 Å². The Bertz CT molecular complexity index is 831. The van der Waals surface area contributed by atoms with Crippen LogP contribution in [0.4, 0.5) is 0 Å². The summed E-state index contributed by atoms with van der Waals surface area (Å²) >= 11 is 1.55. The zero-order chi connectivity index (χ0) is 16.0. The van der Waals surface area contributed by atoms with Crippen molar-refractivity contribution in [2.75, 3.05) is 6.54 Å². The zero-order valence-electron chi connectivity index (χ0n) is 13.3.